The Balaban J connectivity index is 1.36. The van der Waals surface area contributed by atoms with Crippen LogP contribution in [0.5, 0.6) is 0 Å². The smallest absolute Gasteiger partial charge is 0.240 e. The molecule has 2 heterocycles. The van der Waals surface area contributed by atoms with Crippen molar-refractivity contribution in [3.05, 3.63) is 48.5 Å². The first-order valence-electron chi connectivity index (χ1n) is 9.04. The molecule has 0 saturated heterocycles. The normalized spacial score (nSPS) is 11.8. The van der Waals surface area contributed by atoms with Crippen LogP contribution in [0, 0.1) is 0 Å². The summed E-state index contributed by atoms with van der Waals surface area (Å²) in [6.07, 6.45) is 0. The minimum atomic E-state index is -3.65. The molecular formula is C19H18N6O3S2. The van der Waals surface area contributed by atoms with Crippen molar-refractivity contribution in [3.63, 3.8) is 0 Å². The zero-order chi connectivity index (χ0) is 21.1. The van der Waals surface area contributed by atoms with E-state index in [9.17, 15) is 13.2 Å². The fraction of sp³-hybridized carbons (Fsp3) is 0.158. The van der Waals surface area contributed by atoms with Gasteiger partial charge in [0.05, 0.1) is 4.90 Å². The molecule has 0 radical (unpaired) electrons. The van der Waals surface area contributed by atoms with E-state index in [1.807, 2.05) is 24.3 Å². The van der Waals surface area contributed by atoms with Crippen LogP contribution >= 0.6 is 11.8 Å². The molecule has 11 heteroatoms. The van der Waals surface area contributed by atoms with Gasteiger partial charge in [-0.25, -0.2) is 18.1 Å². The zero-order valence-electron chi connectivity index (χ0n) is 15.9. The summed E-state index contributed by atoms with van der Waals surface area (Å²) < 4.78 is 27.3. The number of hydrogen-bond acceptors (Lipinski definition) is 7. The predicted molar refractivity (Wildman–Crippen MR) is 116 cm³/mol. The van der Waals surface area contributed by atoms with Crippen molar-refractivity contribution in [1.29, 1.82) is 0 Å². The number of benzene rings is 2. The van der Waals surface area contributed by atoms with Crippen LogP contribution in [0.1, 0.15) is 6.92 Å². The molecule has 0 bridgehead atoms. The summed E-state index contributed by atoms with van der Waals surface area (Å²) in [5.74, 6) is 0.222. The SMILES string of the molecule is CC(=O)Nc1ccc(S(=O)(=O)NCCSc2nnc3c(n2)[nH]c2ccccc23)cc1. The lowest BCUT2D eigenvalue weighted by atomic mass is 10.2. The van der Waals surface area contributed by atoms with Crippen LogP contribution in [0.15, 0.2) is 58.6 Å². The molecule has 30 heavy (non-hydrogen) atoms. The average molecular weight is 443 g/mol. The molecule has 0 unspecified atom stereocenters. The van der Waals surface area contributed by atoms with Gasteiger partial charge in [0.1, 0.15) is 5.52 Å². The van der Waals surface area contributed by atoms with Crippen molar-refractivity contribution in [3.8, 4) is 0 Å². The molecule has 4 aromatic rings. The zero-order valence-corrected chi connectivity index (χ0v) is 17.5. The number of aromatic amines is 1. The van der Waals surface area contributed by atoms with Crippen molar-refractivity contribution >= 4 is 55.4 Å². The van der Waals surface area contributed by atoms with Gasteiger partial charge in [0.25, 0.3) is 0 Å². The Morgan fingerprint density at radius 2 is 1.87 bits per heavy atom. The highest BCUT2D eigenvalue weighted by Crippen LogP contribution is 2.23. The summed E-state index contributed by atoms with van der Waals surface area (Å²) in [4.78, 5) is 18.8. The molecule has 0 aliphatic rings. The van der Waals surface area contributed by atoms with E-state index in [0.717, 1.165) is 10.9 Å². The third-order valence-corrected chi connectivity index (χ3v) is 6.53. The number of carbonyl (C=O) groups excluding carboxylic acids is 1. The van der Waals surface area contributed by atoms with Crippen LogP contribution in [0.25, 0.3) is 22.1 Å². The van der Waals surface area contributed by atoms with Crippen LogP contribution in [0.2, 0.25) is 0 Å². The van der Waals surface area contributed by atoms with Gasteiger partial charge in [0.2, 0.25) is 21.1 Å². The van der Waals surface area contributed by atoms with Crippen molar-refractivity contribution < 1.29 is 13.2 Å². The Bertz CT molecular complexity index is 1320. The first-order chi connectivity index (χ1) is 14.4. The number of fused-ring (bicyclic) bond motifs is 3. The fourth-order valence-electron chi connectivity index (χ4n) is 2.89. The number of para-hydroxylation sites is 1. The molecule has 0 saturated carbocycles. The summed E-state index contributed by atoms with van der Waals surface area (Å²) in [5.41, 5.74) is 2.83. The van der Waals surface area contributed by atoms with E-state index in [2.05, 4.69) is 30.2 Å². The number of anilines is 1. The van der Waals surface area contributed by atoms with E-state index >= 15 is 0 Å². The van der Waals surface area contributed by atoms with Gasteiger partial charge < -0.3 is 10.3 Å². The molecule has 0 atom stereocenters. The number of nitrogens with one attached hydrogen (secondary N) is 3. The minimum Gasteiger partial charge on any atom is -0.338 e. The van der Waals surface area contributed by atoms with E-state index in [1.54, 1.807) is 12.1 Å². The number of thioether (sulfide) groups is 1. The fourth-order valence-corrected chi connectivity index (χ4v) is 4.69. The number of carbonyl (C=O) groups is 1. The van der Waals surface area contributed by atoms with Gasteiger partial charge in [-0.15, -0.1) is 10.2 Å². The van der Waals surface area contributed by atoms with Crippen molar-refractivity contribution in [2.75, 3.05) is 17.6 Å². The highest BCUT2D eigenvalue weighted by Gasteiger charge is 2.14. The Morgan fingerprint density at radius 1 is 1.10 bits per heavy atom. The number of amides is 1. The van der Waals surface area contributed by atoms with E-state index < -0.39 is 10.0 Å². The van der Waals surface area contributed by atoms with Gasteiger partial charge in [0, 0.05) is 35.8 Å². The molecule has 154 valence electrons. The second-order valence-corrected chi connectivity index (χ2v) is 9.24. The van der Waals surface area contributed by atoms with Gasteiger partial charge >= 0.3 is 0 Å². The Labute approximate surface area is 176 Å². The molecule has 2 aromatic heterocycles. The summed E-state index contributed by atoms with van der Waals surface area (Å²) in [6, 6.07) is 13.7. The number of H-pyrrole nitrogens is 1. The third-order valence-electron chi connectivity index (χ3n) is 4.21. The number of aromatic nitrogens is 4. The van der Waals surface area contributed by atoms with E-state index in [4.69, 9.17) is 0 Å². The molecule has 0 fully saturated rings. The Morgan fingerprint density at radius 3 is 2.63 bits per heavy atom. The summed E-state index contributed by atoms with van der Waals surface area (Å²) in [5, 5.41) is 12.4. The predicted octanol–water partition coefficient (Wildman–Crippen LogP) is 2.54. The maximum Gasteiger partial charge on any atom is 0.240 e. The van der Waals surface area contributed by atoms with Gasteiger partial charge in [-0.2, -0.15) is 0 Å². The molecule has 0 spiro atoms. The molecule has 9 nitrogen and oxygen atoms in total. The topological polar surface area (TPSA) is 130 Å². The van der Waals surface area contributed by atoms with Gasteiger partial charge in [-0.05, 0) is 30.3 Å². The van der Waals surface area contributed by atoms with Crippen LogP contribution in [0.3, 0.4) is 0 Å². The Kier molecular flexibility index (Phi) is 5.66. The molecule has 0 aliphatic carbocycles. The lowest BCUT2D eigenvalue weighted by molar-refractivity contribution is -0.114. The lowest BCUT2D eigenvalue weighted by Gasteiger charge is -2.07. The second-order valence-electron chi connectivity index (χ2n) is 6.41. The summed E-state index contributed by atoms with van der Waals surface area (Å²) >= 11 is 1.31. The third kappa shape index (κ3) is 4.42. The maximum absolute atomic E-state index is 12.4. The molecule has 0 aliphatic heterocycles. The van der Waals surface area contributed by atoms with E-state index in [1.165, 1.54) is 30.8 Å². The van der Waals surface area contributed by atoms with E-state index in [-0.39, 0.29) is 17.3 Å². The molecule has 1 amide bonds. The first kappa shape index (κ1) is 20.3. The van der Waals surface area contributed by atoms with Crippen LogP contribution < -0.4 is 10.0 Å². The van der Waals surface area contributed by atoms with Crippen LogP contribution in [0.4, 0.5) is 5.69 Å². The van der Waals surface area contributed by atoms with Crippen LogP contribution in [-0.4, -0.2) is 46.8 Å². The number of rotatable bonds is 7. The van der Waals surface area contributed by atoms with Gasteiger partial charge in [-0.3, -0.25) is 4.79 Å². The molecule has 2 aromatic carbocycles. The van der Waals surface area contributed by atoms with Crippen LogP contribution in [-0.2, 0) is 14.8 Å². The minimum absolute atomic E-state index is 0.124. The molecule has 4 rings (SSSR count). The van der Waals surface area contributed by atoms with Crippen molar-refractivity contribution in [2.45, 2.75) is 17.0 Å². The van der Waals surface area contributed by atoms with Gasteiger partial charge in [-0.1, -0.05) is 30.0 Å². The number of sulfonamides is 1. The quantitative estimate of drug-likeness (QED) is 0.296. The van der Waals surface area contributed by atoms with Gasteiger partial charge in [0.15, 0.2) is 5.65 Å². The van der Waals surface area contributed by atoms with Crippen molar-refractivity contribution in [2.24, 2.45) is 0 Å². The lowest BCUT2D eigenvalue weighted by Crippen LogP contribution is -2.26. The number of nitrogens with zero attached hydrogens (tertiary/aromatic N) is 3. The highest BCUT2D eigenvalue weighted by molar-refractivity contribution is 7.99. The molecule has 3 N–H and O–H groups in total. The second kappa shape index (κ2) is 8.38. The average Bonchev–Trinajstić information content (AvgIpc) is 3.09. The standard InChI is InChI=1S/C19H18N6O3S2/c1-12(26)21-13-6-8-14(9-7-13)30(27,28)20-10-11-29-19-23-18-17(24-25-19)15-4-2-3-5-16(15)22-18/h2-9,20H,10-11H2,1H3,(H,21,26)(H,22,23,25). The van der Waals surface area contributed by atoms with Crippen molar-refractivity contribution in [1.82, 2.24) is 24.9 Å². The summed E-state index contributed by atoms with van der Waals surface area (Å²) in [6.45, 7) is 1.59. The maximum atomic E-state index is 12.4. The highest BCUT2D eigenvalue weighted by atomic mass is 32.2. The monoisotopic (exact) mass is 442 g/mol. The Hall–Kier alpha value is -3.02. The summed E-state index contributed by atoms with van der Waals surface area (Å²) in [7, 11) is -3.65. The molecular weight excluding hydrogens is 424 g/mol. The first-order valence-corrected chi connectivity index (χ1v) is 11.5. The van der Waals surface area contributed by atoms with E-state index in [0.29, 0.717) is 27.8 Å². The largest absolute Gasteiger partial charge is 0.338 e. The number of hydrogen-bond donors (Lipinski definition) is 3.